The lowest BCUT2D eigenvalue weighted by Gasteiger charge is -2.11. The number of aliphatic imine (C=N–C) groups is 1. The first-order valence-corrected chi connectivity index (χ1v) is 7.36. The minimum atomic E-state index is -0.241. The first-order chi connectivity index (χ1) is 10.7. The van der Waals surface area contributed by atoms with E-state index in [1.807, 2.05) is 38.1 Å². The molecule has 5 heteroatoms. The van der Waals surface area contributed by atoms with Crippen LogP contribution in [-0.4, -0.2) is 17.5 Å². The van der Waals surface area contributed by atoms with E-state index < -0.39 is 0 Å². The van der Waals surface area contributed by atoms with Gasteiger partial charge in [0.2, 0.25) is 0 Å². The van der Waals surface area contributed by atoms with Crippen molar-refractivity contribution in [1.82, 2.24) is 15.6 Å². The van der Waals surface area contributed by atoms with Crippen LogP contribution in [0.25, 0.3) is 0 Å². The molecule has 1 heterocycles. The van der Waals surface area contributed by atoms with Crippen LogP contribution in [-0.2, 0) is 13.1 Å². The molecule has 2 N–H and O–H groups in total. The molecular formula is C17H21FN4. The van der Waals surface area contributed by atoms with Crippen molar-refractivity contribution in [3.63, 3.8) is 0 Å². The van der Waals surface area contributed by atoms with Gasteiger partial charge in [0.05, 0.1) is 18.8 Å². The van der Waals surface area contributed by atoms with Crippen molar-refractivity contribution in [1.29, 1.82) is 0 Å². The van der Waals surface area contributed by atoms with E-state index in [-0.39, 0.29) is 5.82 Å². The zero-order valence-electron chi connectivity index (χ0n) is 12.9. The Labute approximate surface area is 130 Å². The summed E-state index contributed by atoms with van der Waals surface area (Å²) in [7, 11) is 0. The van der Waals surface area contributed by atoms with Crippen molar-refractivity contribution < 1.29 is 4.39 Å². The van der Waals surface area contributed by atoms with Crippen molar-refractivity contribution in [2.45, 2.75) is 26.9 Å². The Morgan fingerprint density at radius 3 is 2.73 bits per heavy atom. The number of nitrogens with zero attached hydrogens (tertiary/aromatic N) is 2. The van der Waals surface area contributed by atoms with Crippen LogP contribution in [0, 0.1) is 12.7 Å². The van der Waals surface area contributed by atoms with E-state index in [0.717, 1.165) is 23.5 Å². The number of hydrogen-bond donors (Lipinski definition) is 2. The fraction of sp³-hybridized carbons (Fsp3) is 0.294. The van der Waals surface area contributed by atoms with E-state index in [1.54, 1.807) is 6.07 Å². The van der Waals surface area contributed by atoms with Gasteiger partial charge in [-0.2, -0.15) is 0 Å². The van der Waals surface area contributed by atoms with Gasteiger partial charge in [-0.25, -0.2) is 9.38 Å². The molecule has 116 valence electrons. The number of rotatable bonds is 5. The third-order valence-electron chi connectivity index (χ3n) is 3.04. The van der Waals surface area contributed by atoms with Crippen molar-refractivity contribution in [2.75, 3.05) is 6.54 Å². The van der Waals surface area contributed by atoms with E-state index in [0.29, 0.717) is 19.0 Å². The molecule has 4 nitrogen and oxygen atoms in total. The molecule has 0 spiro atoms. The van der Waals surface area contributed by atoms with Crippen LogP contribution in [0.3, 0.4) is 0 Å². The molecule has 2 rings (SSSR count). The molecular weight excluding hydrogens is 279 g/mol. The summed E-state index contributed by atoms with van der Waals surface area (Å²) in [5, 5.41) is 6.40. The Morgan fingerprint density at radius 1 is 1.18 bits per heavy atom. The second-order valence-corrected chi connectivity index (χ2v) is 4.95. The molecule has 0 bridgehead atoms. The summed E-state index contributed by atoms with van der Waals surface area (Å²) >= 11 is 0. The maximum Gasteiger partial charge on any atom is 0.191 e. The van der Waals surface area contributed by atoms with Gasteiger partial charge in [-0.1, -0.05) is 18.2 Å². The number of aryl methyl sites for hydroxylation is 1. The van der Waals surface area contributed by atoms with Crippen LogP contribution in [0.2, 0.25) is 0 Å². The third kappa shape index (κ3) is 5.16. The Morgan fingerprint density at radius 2 is 2.00 bits per heavy atom. The van der Waals surface area contributed by atoms with Crippen LogP contribution < -0.4 is 10.6 Å². The topological polar surface area (TPSA) is 49.3 Å². The van der Waals surface area contributed by atoms with Gasteiger partial charge in [0, 0.05) is 12.2 Å². The van der Waals surface area contributed by atoms with Crippen molar-refractivity contribution >= 4 is 5.96 Å². The number of guanidine groups is 1. The fourth-order valence-electron chi connectivity index (χ4n) is 2.02. The van der Waals surface area contributed by atoms with E-state index in [1.165, 1.54) is 12.1 Å². The van der Waals surface area contributed by atoms with Gasteiger partial charge in [0.15, 0.2) is 5.96 Å². The summed E-state index contributed by atoms with van der Waals surface area (Å²) < 4.78 is 13.2. The highest BCUT2D eigenvalue weighted by molar-refractivity contribution is 5.79. The lowest BCUT2D eigenvalue weighted by molar-refractivity contribution is 0.625. The summed E-state index contributed by atoms with van der Waals surface area (Å²) in [5.74, 6) is 0.449. The van der Waals surface area contributed by atoms with Gasteiger partial charge in [0.1, 0.15) is 5.82 Å². The number of nitrogens with one attached hydrogen (secondary N) is 2. The Balaban J connectivity index is 1.98. The van der Waals surface area contributed by atoms with Gasteiger partial charge in [0.25, 0.3) is 0 Å². The number of aromatic nitrogens is 1. The normalized spacial score (nSPS) is 11.3. The van der Waals surface area contributed by atoms with Gasteiger partial charge < -0.3 is 10.6 Å². The van der Waals surface area contributed by atoms with Gasteiger partial charge in [-0.05, 0) is 43.7 Å². The van der Waals surface area contributed by atoms with Gasteiger partial charge in [-0.15, -0.1) is 0 Å². The molecule has 0 saturated carbocycles. The summed E-state index contributed by atoms with van der Waals surface area (Å²) in [6, 6.07) is 12.4. The predicted octanol–water partition coefficient (Wildman–Crippen LogP) is 2.78. The minimum absolute atomic E-state index is 0.241. The highest BCUT2D eigenvalue weighted by Crippen LogP contribution is 2.04. The third-order valence-corrected chi connectivity index (χ3v) is 3.04. The molecule has 0 saturated heterocycles. The molecule has 0 fully saturated rings. The molecule has 0 aliphatic carbocycles. The first-order valence-electron chi connectivity index (χ1n) is 7.36. The van der Waals surface area contributed by atoms with Crippen LogP contribution >= 0.6 is 0 Å². The molecule has 0 radical (unpaired) electrons. The highest BCUT2D eigenvalue weighted by atomic mass is 19.1. The molecule has 22 heavy (non-hydrogen) atoms. The number of pyridine rings is 1. The first kappa shape index (κ1) is 15.9. The maximum absolute atomic E-state index is 13.2. The zero-order valence-corrected chi connectivity index (χ0v) is 12.9. The molecule has 1 aromatic carbocycles. The number of benzene rings is 1. The fourth-order valence-corrected chi connectivity index (χ4v) is 2.02. The van der Waals surface area contributed by atoms with Crippen LogP contribution in [0.15, 0.2) is 47.5 Å². The lowest BCUT2D eigenvalue weighted by atomic mass is 10.2. The summed E-state index contributed by atoms with van der Waals surface area (Å²) in [5.41, 5.74) is 2.78. The Kier molecular flexibility index (Phi) is 5.89. The van der Waals surface area contributed by atoms with E-state index in [4.69, 9.17) is 0 Å². The molecule has 1 aromatic heterocycles. The molecule has 0 atom stereocenters. The average molecular weight is 300 g/mol. The number of halogens is 1. The van der Waals surface area contributed by atoms with Gasteiger partial charge in [-0.3, -0.25) is 4.98 Å². The maximum atomic E-state index is 13.2. The Hall–Kier alpha value is -2.43. The van der Waals surface area contributed by atoms with Crippen molar-refractivity contribution in [3.8, 4) is 0 Å². The predicted molar refractivity (Wildman–Crippen MR) is 87.0 cm³/mol. The van der Waals surface area contributed by atoms with E-state index in [2.05, 4.69) is 20.6 Å². The summed E-state index contributed by atoms with van der Waals surface area (Å²) in [6.07, 6.45) is 0. The molecule has 0 aliphatic rings. The Bertz CT molecular complexity index is 640. The summed E-state index contributed by atoms with van der Waals surface area (Å²) in [4.78, 5) is 8.90. The molecule has 2 aromatic rings. The van der Waals surface area contributed by atoms with Crippen molar-refractivity contribution in [2.24, 2.45) is 4.99 Å². The highest BCUT2D eigenvalue weighted by Gasteiger charge is 2.00. The van der Waals surface area contributed by atoms with Crippen molar-refractivity contribution in [3.05, 3.63) is 65.2 Å². The van der Waals surface area contributed by atoms with Gasteiger partial charge >= 0.3 is 0 Å². The van der Waals surface area contributed by atoms with Crippen LogP contribution in [0.1, 0.15) is 23.9 Å². The number of hydrogen-bond acceptors (Lipinski definition) is 2. The molecule has 0 unspecified atom stereocenters. The molecule has 0 aliphatic heterocycles. The second kappa shape index (κ2) is 8.12. The van der Waals surface area contributed by atoms with E-state index >= 15 is 0 Å². The van der Waals surface area contributed by atoms with Crippen LogP contribution in [0.5, 0.6) is 0 Å². The molecule has 0 amide bonds. The minimum Gasteiger partial charge on any atom is -0.357 e. The average Bonchev–Trinajstić information content (AvgIpc) is 2.50. The smallest absolute Gasteiger partial charge is 0.191 e. The summed E-state index contributed by atoms with van der Waals surface area (Å²) in [6.45, 7) is 5.75. The largest absolute Gasteiger partial charge is 0.357 e. The standard InChI is InChI=1S/C17H21FN4/c1-3-19-17(20-11-14-7-5-8-15(18)10-14)21-12-16-9-4-6-13(2)22-16/h4-10H,3,11-12H2,1-2H3,(H2,19,20,21). The quantitative estimate of drug-likeness (QED) is 0.659. The van der Waals surface area contributed by atoms with E-state index in [9.17, 15) is 4.39 Å². The van der Waals surface area contributed by atoms with Crippen LogP contribution in [0.4, 0.5) is 4.39 Å². The lowest BCUT2D eigenvalue weighted by Crippen LogP contribution is -2.37. The monoisotopic (exact) mass is 300 g/mol. The zero-order chi connectivity index (χ0) is 15.8. The SMILES string of the molecule is CCNC(=NCc1cccc(F)c1)NCc1cccc(C)n1. The second-order valence-electron chi connectivity index (χ2n) is 4.95.